The molecule has 0 radical (unpaired) electrons. The highest BCUT2D eigenvalue weighted by molar-refractivity contribution is 7.86. The van der Waals surface area contributed by atoms with Crippen molar-refractivity contribution in [2.24, 2.45) is 0 Å². The van der Waals surface area contributed by atoms with Gasteiger partial charge in [-0.2, -0.15) is 8.42 Å². The van der Waals surface area contributed by atoms with E-state index >= 15 is 0 Å². The van der Waals surface area contributed by atoms with E-state index in [-0.39, 0.29) is 10.8 Å². The summed E-state index contributed by atoms with van der Waals surface area (Å²) in [7, 11) is -4.31. The number of hydrogen-bond acceptors (Lipinski definition) is 3. The van der Waals surface area contributed by atoms with E-state index in [1.54, 1.807) is 29.2 Å². The smallest absolute Gasteiger partial charge is 0.295 e. The van der Waals surface area contributed by atoms with E-state index in [1.807, 2.05) is 6.92 Å². The molecule has 3 rings (SSSR count). The normalized spacial score (nSPS) is 14.4. The molecule has 0 unspecified atom stereocenters. The van der Waals surface area contributed by atoms with Gasteiger partial charge in [-0.05, 0) is 25.1 Å². The van der Waals surface area contributed by atoms with Crippen molar-refractivity contribution in [2.75, 3.05) is 11.4 Å². The van der Waals surface area contributed by atoms with Crippen LogP contribution in [-0.2, 0) is 10.1 Å². The summed E-state index contributed by atoms with van der Waals surface area (Å²) in [6.07, 6.45) is 0. The number of anilines is 1. The Balaban J connectivity index is 2.48. The highest BCUT2D eigenvalue weighted by Crippen LogP contribution is 2.39. The first kappa shape index (κ1) is 12.1. The number of benzene rings is 2. The Hall–Kier alpha value is -1.92. The Morgan fingerprint density at radius 2 is 1.95 bits per heavy atom. The Morgan fingerprint density at radius 1 is 1.21 bits per heavy atom. The summed E-state index contributed by atoms with van der Waals surface area (Å²) in [5, 5.41) is 0.964. The number of rotatable bonds is 2. The number of carbonyl (C=O) groups excluding carboxylic acids is 1. The molecule has 0 bridgehead atoms. The molecule has 1 aliphatic heterocycles. The standard InChI is InChI=1S/C13H11NO4S/c1-2-14-10-6-7-11(19(16,17)18)8-4-3-5-9(12(8)10)13(14)15/h3-7H,2H2,1H3,(H,16,17,18). The fraction of sp³-hybridized carbons (Fsp3) is 0.154. The van der Waals surface area contributed by atoms with E-state index in [0.717, 1.165) is 0 Å². The van der Waals surface area contributed by atoms with Crippen molar-refractivity contribution in [3.05, 3.63) is 35.9 Å². The van der Waals surface area contributed by atoms with E-state index in [4.69, 9.17) is 0 Å². The maximum absolute atomic E-state index is 12.2. The van der Waals surface area contributed by atoms with Crippen LogP contribution in [-0.4, -0.2) is 25.4 Å². The Kier molecular flexibility index (Phi) is 2.42. The first-order valence-electron chi connectivity index (χ1n) is 5.80. The van der Waals surface area contributed by atoms with Crippen LogP contribution in [0.2, 0.25) is 0 Å². The van der Waals surface area contributed by atoms with Crippen LogP contribution in [0.1, 0.15) is 17.3 Å². The van der Waals surface area contributed by atoms with Crippen molar-refractivity contribution < 1.29 is 17.8 Å². The lowest BCUT2D eigenvalue weighted by atomic mass is 10.1. The van der Waals surface area contributed by atoms with Gasteiger partial charge in [0, 0.05) is 22.9 Å². The lowest BCUT2D eigenvalue weighted by Gasteiger charge is -2.14. The molecule has 1 heterocycles. The number of amides is 1. The fourth-order valence-corrected chi connectivity index (χ4v) is 3.25. The maximum Gasteiger partial charge on any atom is 0.295 e. The average Bonchev–Trinajstić information content (AvgIpc) is 2.63. The van der Waals surface area contributed by atoms with Crippen LogP contribution >= 0.6 is 0 Å². The summed E-state index contributed by atoms with van der Waals surface area (Å²) in [6, 6.07) is 7.77. The van der Waals surface area contributed by atoms with Gasteiger partial charge in [-0.1, -0.05) is 12.1 Å². The van der Waals surface area contributed by atoms with Gasteiger partial charge in [0.25, 0.3) is 16.0 Å². The van der Waals surface area contributed by atoms with Crippen LogP contribution in [0.15, 0.2) is 35.2 Å². The molecule has 1 aliphatic rings. The van der Waals surface area contributed by atoms with Gasteiger partial charge < -0.3 is 4.90 Å². The maximum atomic E-state index is 12.2. The van der Waals surface area contributed by atoms with Crippen molar-refractivity contribution >= 4 is 32.5 Å². The minimum Gasteiger partial charge on any atom is -0.308 e. The van der Waals surface area contributed by atoms with E-state index in [1.165, 1.54) is 6.07 Å². The van der Waals surface area contributed by atoms with E-state index in [9.17, 15) is 17.8 Å². The molecule has 0 atom stereocenters. The van der Waals surface area contributed by atoms with Crippen molar-refractivity contribution in [2.45, 2.75) is 11.8 Å². The molecule has 2 aromatic carbocycles. The van der Waals surface area contributed by atoms with Crippen LogP contribution < -0.4 is 4.90 Å². The van der Waals surface area contributed by atoms with Crippen molar-refractivity contribution in [1.29, 1.82) is 0 Å². The monoisotopic (exact) mass is 277 g/mol. The highest BCUT2D eigenvalue weighted by Gasteiger charge is 2.30. The first-order chi connectivity index (χ1) is 8.95. The van der Waals surface area contributed by atoms with Gasteiger partial charge in [0.1, 0.15) is 4.90 Å². The van der Waals surface area contributed by atoms with Crippen molar-refractivity contribution in [3.63, 3.8) is 0 Å². The van der Waals surface area contributed by atoms with E-state index in [0.29, 0.717) is 28.6 Å². The summed E-state index contributed by atoms with van der Waals surface area (Å²) in [5.41, 5.74) is 1.16. The summed E-state index contributed by atoms with van der Waals surface area (Å²) in [6.45, 7) is 2.36. The molecule has 0 aromatic heterocycles. The molecule has 19 heavy (non-hydrogen) atoms. The summed E-state index contributed by atoms with van der Waals surface area (Å²) in [4.78, 5) is 13.6. The number of carbonyl (C=O) groups is 1. The Bertz CT molecular complexity index is 811. The van der Waals surface area contributed by atoms with Crippen molar-refractivity contribution in [1.82, 2.24) is 0 Å². The quantitative estimate of drug-likeness (QED) is 0.853. The second kappa shape index (κ2) is 3.79. The topological polar surface area (TPSA) is 74.7 Å². The Morgan fingerprint density at radius 3 is 2.58 bits per heavy atom. The van der Waals surface area contributed by atoms with Gasteiger partial charge in [0.15, 0.2) is 0 Å². The van der Waals surface area contributed by atoms with E-state index in [2.05, 4.69) is 0 Å². The van der Waals surface area contributed by atoms with Crippen LogP contribution in [0.5, 0.6) is 0 Å². The van der Waals surface area contributed by atoms with Gasteiger partial charge in [0.05, 0.1) is 5.69 Å². The molecule has 0 saturated carbocycles. The van der Waals surface area contributed by atoms with Gasteiger partial charge in [-0.15, -0.1) is 0 Å². The second-order valence-electron chi connectivity index (χ2n) is 4.34. The summed E-state index contributed by atoms with van der Waals surface area (Å²) >= 11 is 0. The van der Waals surface area contributed by atoms with Gasteiger partial charge in [0.2, 0.25) is 0 Å². The van der Waals surface area contributed by atoms with Crippen LogP contribution in [0.25, 0.3) is 10.8 Å². The zero-order valence-corrected chi connectivity index (χ0v) is 10.9. The molecule has 0 spiro atoms. The zero-order chi connectivity index (χ0) is 13.8. The fourth-order valence-electron chi connectivity index (χ4n) is 2.56. The van der Waals surface area contributed by atoms with E-state index < -0.39 is 10.1 Å². The third-order valence-corrected chi connectivity index (χ3v) is 4.25. The number of hydrogen-bond donors (Lipinski definition) is 1. The van der Waals surface area contributed by atoms with Gasteiger partial charge in [-0.3, -0.25) is 9.35 Å². The largest absolute Gasteiger partial charge is 0.308 e. The lowest BCUT2D eigenvalue weighted by Crippen LogP contribution is -2.25. The third kappa shape index (κ3) is 1.57. The highest BCUT2D eigenvalue weighted by atomic mass is 32.2. The molecular weight excluding hydrogens is 266 g/mol. The van der Waals surface area contributed by atoms with Crippen molar-refractivity contribution in [3.8, 4) is 0 Å². The molecule has 1 N–H and O–H groups in total. The van der Waals surface area contributed by atoms with Gasteiger partial charge in [-0.25, -0.2) is 0 Å². The zero-order valence-electron chi connectivity index (χ0n) is 10.1. The Labute approximate surface area is 110 Å². The predicted octanol–water partition coefficient (Wildman–Crippen LogP) is 2.07. The summed E-state index contributed by atoms with van der Waals surface area (Å²) < 4.78 is 32.0. The summed E-state index contributed by atoms with van der Waals surface area (Å²) in [5.74, 6) is -0.143. The molecule has 0 saturated heterocycles. The van der Waals surface area contributed by atoms with Crippen LogP contribution in [0.4, 0.5) is 5.69 Å². The minimum atomic E-state index is -4.31. The van der Waals surface area contributed by atoms with Gasteiger partial charge >= 0.3 is 0 Å². The molecule has 98 valence electrons. The molecular formula is C13H11NO4S. The average molecular weight is 277 g/mol. The predicted molar refractivity (Wildman–Crippen MR) is 71.1 cm³/mol. The molecule has 6 heteroatoms. The lowest BCUT2D eigenvalue weighted by molar-refractivity contribution is 0.0994. The SMILES string of the molecule is CCN1C(=O)c2cccc3c(S(=O)(=O)O)ccc1c23. The molecule has 1 amide bonds. The molecule has 2 aromatic rings. The molecule has 0 aliphatic carbocycles. The molecule has 5 nitrogen and oxygen atoms in total. The van der Waals surface area contributed by atoms with Crippen LogP contribution in [0, 0.1) is 0 Å². The van der Waals surface area contributed by atoms with Crippen LogP contribution in [0.3, 0.4) is 0 Å². The molecule has 0 fully saturated rings. The third-order valence-electron chi connectivity index (χ3n) is 3.34. The number of nitrogens with zero attached hydrogens (tertiary/aromatic N) is 1. The second-order valence-corrected chi connectivity index (χ2v) is 5.73. The minimum absolute atomic E-state index is 0.143. The first-order valence-corrected chi connectivity index (χ1v) is 7.24.